The molecule has 0 spiro atoms. The molecule has 1 N–H and O–H groups in total. The maximum atomic E-state index is 11.0. The van der Waals surface area contributed by atoms with Crippen molar-refractivity contribution in [2.24, 2.45) is 16.3 Å². The highest BCUT2D eigenvalue weighted by molar-refractivity contribution is 5.88. The number of rotatable bonds is 1. The first-order chi connectivity index (χ1) is 5.43. The van der Waals surface area contributed by atoms with E-state index < -0.39 is 0 Å². The van der Waals surface area contributed by atoms with Crippen molar-refractivity contribution in [3.05, 3.63) is 0 Å². The molecule has 0 aromatic rings. The van der Waals surface area contributed by atoms with E-state index in [1.165, 1.54) is 0 Å². The smallest absolute Gasteiger partial charge is 0.332 e. The molecule has 1 atom stereocenters. The number of nitrogens with zero attached hydrogens (tertiary/aromatic N) is 1. The number of nitrogens with one attached hydrogen (secondary N) is 1. The average Bonchev–Trinajstić information content (AvgIpc) is 1.94. The summed E-state index contributed by atoms with van der Waals surface area (Å²) in [5, 5.41) is 2.87. The molecular weight excluding hydrogens is 152 g/mol. The van der Waals surface area contributed by atoms with Crippen LogP contribution >= 0.6 is 0 Å². The van der Waals surface area contributed by atoms with Gasteiger partial charge in [0.1, 0.15) is 0 Å². The number of aliphatic imine (C=N–C) groups is 1. The second-order valence-electron chi connectivity index (χ2n) is 4.25. The van der Waals surface area contributed by atoms with Crippen molar-refractivity contribution in [1.82, 2.24) is 5.32 Å². The number of amides is 2. The third kappa shape index (κ3) is 1.65. The van der Waals surface area contributed by atoms with Crippen molar-refractivity contribution in [2.75, 3.05) is 0 Å². The molecule has 1 unspecified atom stereocenters. The largest absolute Gasteiger partial charge is 0.340 e. The summed E-state index contributed by atoms with van der Waals surface area (Å²) in [6.07, 6.45) is 1.75. The first-order valence-corrected chi connectivity index (χ1v) is 4.29. The Hall–Kier alpha value is -0.860. The van der Waals surface area contributed by atoms with Crippen LogP contribution in [0.15, 0.2) is 4.99 Å². The van der Waals surface area contributed by atoms with Gasteiger partial charge in [0.2, 0.25) is 0 Å². The van der Waals surface area contributed by atoms with E-state index in [1.807, 2.05) is 0 Å². The van der Waals surface area contributed by atoms with Crippen LogP contribution in [0.1, 0.15) is 27.7 Å². The summed E-state index contributed by atoms with van der Waals surface area (Å²) in [6, 6.07) is -0.0180. The van der Waals surface area contributed by atoms with Crippen LogP contribution in [-0.2, 0) is 0 Å². The molecule has 1 aliphatic rings. The van der Waals surface area contributed by atoms with E-state index >= 15 is 0 Å². The Balaban J connectivity index is 2.86. The monoisotopic (exact) mass is 168 g/mol. The van der Waals surface area contributed by atoms with Gasteiger partial charge in [0.05, 0.1) is 0 Å². The van der Waals surface area contributed by atoms with E-state index in [9.17, 15) is 4.79 Å². The maximum Gasteiger partial charge on any atom is 0.340 e. The van der Waals surface area contributed by atoms with E-state index in [0.29, 0.717) is 5.92 Å². The molecule has 0 radical (unpaired) electrons. The summed E-state index contributed by atoms with van der Waals surface area (Å²) in [5.41, 5.74) is -0.0257. The first kappa shape index (κ1) is 9.23. The standard InChI is InChI=1S/C9H16N2O/c1-6(2)7-9(3,4)5-10-8(12)11-7/h5-7H,1-4H3,(H,11,12). The maximum absolute atomic E-state index is 11.0. The quantitative estimate of drug-likeness (QED) is 0.637. The Bertz CT molecular complexity index is 219. The van der Waals surface area contributed by atoms with E-state index in [2.05, 4.69) is 38.0 Å². The van der Waals surface area contributed by atoms with Gasteiger partial charge in [0.25, 0.3) is 0 Å². The van der Waals surface area contributed by atoms with Crippen LogP contribution in [0.5, 0.6) is 0 Å². The number of urea groups is 1. The number of carbonyl (C=O) groups excluding carboxylic acids is 1. The van der Waals surface area contributed by atoms with Crippen LogP contribution in [0, 0.1) is 11.3 Å². The Morgan fingerprint density at radius 1 is 1.58 bits per heavy atom. The molecule has 0 bridgehead atoms. The topological polar surface area (TPSA) is 41.5 Å². The fourth-order valence-corrected chi connectivity index (χ4v) is 1.69. The van der Waals surface area contributed by atoms with E-state index in [-0.39, 0.29) is 17.5 Å². The SMILES string of the molecule is CC(C)C1NC(=O)N=CC1(C)C. The third-order valence-electron chi connectivity index (χ3n) is 2.26. The summed E-state index contributed by atoms with van der Waals surface area (Å²) in [5.74, 6) is 0.440. The van der Waals surface area contributed by atoms with Crippen molar-refractivity contribution in [1.29, 1.82) is 0 Å². The Morgan fingerprint density at radius 3 is 2.58 bits per heavy atom. The fourth-order valence-electron chi connectivity index (χ4n) is 1.69. The molecule has 0 fully saturated rings. The van der Waals surface area contributed by atoms with E-state index in [1.54, 1.807) is 6.21 Å². The molecule has 3 heteroatoms. The Morgan fingerprint density at radius 2 is 2.17 bits per heavy atom. The molecule has 3 nitrogen and oxygen atoms in total. The zero-order valence-electron chi connectivity index (χ0n) is 8.09. The van der Waals surface area contributed by atoms with Crippen LogP contribution < -0.4 is 5.32 Å². The summed E-state index contributed by atoms with van der Waals surface area (Å²) in [4.78, 5) is 14.7. The van der Waals surface area contributed by atoms with Gasteiger partial charge in [-0.05, 0) is 5.92 Å². The van der Waals surface area contributed by atoms with Gasteiger partial charge in [-0.25, -0.2) is 9.79 Å². The van der Waals surface area contributed by atoms with Gasteiger partial charge in [-0.1, -0.05) is 27.7 Å². The van der Waals surface area contributed by atoms with Crippen molar-refractivity contribution < 1.29 is 4.79 Å². The summed E-state index contributed by atoms with van der Waals surface area (Å²) in [7, 11) is 0. The van der Waals surface area contributed by atoms with Gasteiger partial charge < -0.3 is 5.32 Å². The van der Waals surface area contributed by atoms with Crippen LogP contribution in [-0.4, -0.2) is 18.3 Å². The highest BCUT2D eigenvalue weighted by Gasteiger charge is 2.34. The molecular formula is C9H16N2O. The Kier molecular flexibility index (Phi) is 2.22. The Labute approximate surface area is 73.3 Å². The van der Waals surface area contributed by atoms with Gasteiger partial charge in [0, 0.05) is 17.7 Å². The highest BCUT2D eigenvalue weighted by Crippen LogP contribution is 2.26. The molecule has 0 aliphatic carbocycles. The normalized spacial score (nSPS) is 27.4. The lowest BCUT2D eigenvalue weighted by atomic mass is 9.79. The summed E-state index contributed by atoms with van der Waals surface area (Å²) in [6.45, 7) is 8.37. The van der Waals surface area contributed by atoms with E-state index in [4.69, 9.17) is 0 Å². The third-order valence-corrected chi connectivity index (χ3v) is 2.26. The highest BCUT2D eigenvalue weighted by atomic mass is 16.2. The second-order valence-corrected chi connectivity index (χ2v) is 4.25. The lowest BCUT2D eigenvalue weighted by Crippen LogP contribution is -2.51. The lowest BCUT2D eigenvalue weighted by Gasteiger charge is -2.36. The summed E-state index contributed by atoms with van der Waals surface area (Å²) < 4.78 is 0. The molecule has 1 rings (SSSR count). The molecule has 68 valence electrons. The fraction of sp³-hybridized carbons (Fsp3) is 0.778. The number of hydrogen-bond donors (Lipinski definition) is 1. The molecule has 1 aliphatic heterocycles. The zero-order chi connectivity index (χ0) is 9.35. The number of carbonyl (C=O) groups is 1. The van der Waals surface area contributed by atoms with Crippen molar-refractivity contribution in [3.8, 4) is 0 Å². The molecule has 0 aromatic carbocycles. The first-order valence-electron chi connectivity index (χ1n) is 4.29. The minimum absolute atomic E-state index is 0.0257. The molecule has 1 heterocycles. The molecule has 0 aromatic heterocycles. The minimum Gasteiger partial charge on any atom is -0.332 e. The van der Waals surface area contributed by atoms with Gasteiger partial charge in [-0.2, -0.15) is 0 Å². The van der Waals surface area contributed by atoms with Crippen LogP contribution in [0.4, 0.5) is 4.79 Å². The van der Waals surface area contributed by atoms with Gasteiger partial charge in [0.15, 0.2) is 0 Å². The van der Waals surface area contributed by atoms with E-state index in [0.717, 1.165) is 0 Å². The molecule has 0 saturated carbocycles. The zero-order valence-corrected chi connectivity index (χ0v) is 8.09. The average molecular weight is 168 g/mol. The van der Waals surface area contributed by atoms with Crippen molar-refractivity contribution >= 4 is 12.2 Å². The van der Waals surface area contributed by atoms with Crippen molar-refractivity contribution in [3.63, 3.8) is 0 Å². The van der Waals surface area contributed by atoms with Gasteiger partial charge >= 0.3 is 6.03 Å². The lowest BCUT2D eigenvalue weighted by molar-refractivity contribution is 0.217. The molecule has 0 saturated heterocycles. The minimum atomic E-state index is -0.215. The second kappa shape index (κ2) is 2.88. The number of hydrogen-bond acceptors (Lipinski definition) is 1. The van der Waals surface area contributed by atoms with Crippen LogP contribution in [0.3, 0.4) is 0 Å². The summed E-state index contributed by atoms with van der Waals surface area (Å²) >= 11 is 0. The van der Waals surface area contributed by atoms with Crippen LogP contribution in [0.25, 0.3) is 0 Å². The predicted molar refractivity (Wildman–Crippen MR) is 49.4 cm³/mol. The predicted octanol–water partition coefficient (Wildman–Crippen LogP) is 1.83. The molecule has 2 amide bonds. The molecule has 12 heavy (non-hydrogen) atoms. The van der Waals surface area contributed by atoms with Crippen LogP contribution in [0.2, 0.25) is 0 Å². The van der Waals surface area contributed by atoms with Gasteiger partial charge in [-0.15, -0.1) is 0 Å². The van der Waals surface area contributed by atoms with Crippen molar-refractivity contribution in [2.45, 2.75) is 33.7 Å². The van der Waals surface area contributed by atoms with Gasteiger partial charge in [-0.3, -0.25) is 0 Å².